The van der Waals surface area contributed by atoms with Gasteiger partial charge >= 0.3 is 5.97 Å². The third-order valence-corrected chi connectivity index (χ3v) is 2.44. The molecule has 0 saturated heterocycles. The van der Waals surface area contributed by atoms with Crippen molar-refractivity contribution in [2.45, 2.75) is 6.54 Å². The molecular weight excluding hydrogens is 239 g/mol. The molecule has 1 aromatic carbocycles. The van der Waals surface area contributed by atoms with Crippen molar-refractivity contribution >= 4 is 5.97 Å². The van der Waals surface area contributed by atoms with E-state index < -0.39 is 11.8 Å². The third kappa shape index (κ3) is 2.48. The maximum absolute atomic E-state index is 13.4. The van der Waals surface area contributed by atoms with E-state index in [2.05, 4.69) is 5.10 Å². The molecule has 0 spiro atoms. The van der Waals surface area contributed by atoms with Gasteiger partial charge in [-0.1, -0.05) is 6.07 Å². The van der Waals surface area contributed by atoms with Gasteiger partial charge in [-0.05, 0) is 17.7 Å². The first-order chi connectivity index (χ1) is 8.60. The van der Waals surface area contributed by atoms with E-state index in [-0.39, 0.29) is 11.3 Å². The zero-order chi connectivity index (χ0) is 13.1. The van der Waals surface area contributed by atoms with E-state index >= 15 is 0 Å². The lowest BCUT2D eigenvalue weighted by atomic mass is 10.2. The van der Waals surface area contributed by atoms with Gasteiger partial charge in [0.25, 0.3) is 0 Å². The summed E-state index contributed by atoms with van der Waals surface area (Å²) in [5, 5.41) is 12.6. The van der Waals surface area contributed by atoms with Gasteiger partial charge in [-0.15, -0.1) is 0 Å². The summed E-state index contributed by atoms with van der Waals surface area (Å²) in [5.74, 6) is -1.33. The van der Waals surface area contributed by atoms with E-state index in [4.69, 9.17) is 9.84 Å². The van der Waals surface area contributed by atoms with Crippen molar-refractivity contribution in [1.82, 2.24) is 9.78 Å². The van der Waals surface area contributed by atoms with Gasteiger partial charge in [0.15, 0.2) is 11.6 Å². The number of hydrogen-bond acceptors (Lipinski definition) is 3. The summed E-state index contributed by atoms with van der Waals surface area (Å²) in [6, 6.07) is 4.55. The van der Waals surface area contributed by atoms with Crippen molar-refractivity contribution in [2.24, 2.45) is 0 Å². The van der Waals surface area contributed by atoms with Gasteiger partial charge in [0.05, 0.1) is 25.4 Å². The highest BCUT2D eigenvalue weighted by atomic mass is 19.1. The van der Waals surface area contributed by atoms with Gasteiger partial charge in [0.2, 0.25) is 0 Å². The Labute approximate surface area is 102 Å². The second-order valence-corrected chi connectivity index (χ2v) is 3.70. The molecule has 0 atom stereocenters. The number of hydrogen-bond donors (Lipinski definition) is 1. The van der Waals surface area contributed by atoms with Crippen molar-refractivity contribution in [3.8, 4) is 5.75 Å². The van der Waals surface area contributed by atoms with Crippen molar-refractivity contribution in [3.05, 3.63) is 47.5 Å². The van der Waals surface area contributed by atoms with Gasteiger partial charge in [-0.2, -0.15) is 5.10 Å². The first kappa shape index (κ1) is 12.1. The Bertz CT molecular complexity index is 580. The summed E-state index contributed by atoms with van der Waals surface area (Å²) in [5.41, 5.74) is 0.775. The Hall–Kier alpha value is -2.37. The lowest BCUT2D eigenvalue weighted by Crippen LogP contribution is -2.01. The van der Waals surface area contributed by atoms with Crippen molar-refractivity contribution in [2.75, 3.05) is 7.11 Å². The number of aromatic carboxylic acids is 1. The van der Waals surface area contributed by atoms with E-state index in [9.17, 15) is 9.18 Å². The normalized spacial score (nSPS) is 10.3. The summed E-state index contributed by atoms with van der Waals surface area (Å²) in [6.07, 6.45) is 2.65. The monoisotopic (exact) mass is 250 g/mol. The summed E-state index contributed by atoms with van der Waals surface area (Å²) in [4.78, 5) is 10.7. The summed E-state index contributed by atoms with van der Waals surface area (Å²) < 4.78 is 19.7. The molecule has 0 fully saturated rings. The zero-order valence-electron chi connectivity index (χ0n) is 9.63. The van der Waals surface area contributed by atoms with Crippen LogP contribution in [0.5, 0.6) is 5.75 Å². The molecular formula is C12H11FN2O3. The van der Waals surface area contributed by atoms with E-state index in [0.717, 1.165) is 0 Å². The molecule has 0 aliphatic rings. The molecule has 0 radical (unpaired) electrons. The van der Waals surface area contributed by atoms with Crippen LogP contribution in [-0.4, -0.2) is 28.0 Å². The standard InChI is InChI=1S/C12H11FN2O3/c1-18-11-3-2-8(4-10(11)13)6-15-7-9(5-14-15)12(16)17/h2-5,7H,6H2,1H3,(H,16,17). The van der Waals surface area contributed by atoms with Crippen LogP contribution in [0.4, 0.5) is 4.39 Å². The molecule has 1 N–H and O–H groups in total. The molecule has 1 heterocycles. The minimum absolute atomic E-state index is 0.101. The second-order valence-electron chi connectivity index (χ2n) is 3.70. The maximum Gasteiger partial charge on any atom is 0.338 e. The van der Waals surface area contributed by atoms with Crippen LogP contribution >= 0.6 is 0 Å². The van der Waals surface area contributed by atoms with Gasteiger partial charge in [0, 0.05) is 6.20 Å². The second kappa shape index (κ2) is 4.87. The highest BCUT2D eigenvalue weighted by Crippen LogP contribution is 2.18. The first-order valence-corrected chi connectivity index (χ1v) is 5.18. The van der Waals surface area contributed by atoms with Gasteiger partial charge < -0.3 is 9.84 Å². The highest BCUT2D eigenvalue weighted by Gasteiger charge is 2.08. The number of nitrogens with zero attached hydrogens (tertiary/aromatic N) is 2. The van der Waals surface area contributed by atoms with Crippen molar-refractivity contribution in [3.63, 3.8) is 0 Å². The largest absolute Gasteiger partial charge is 0.494 e. The molecule has 5 nitrogen and oxygen atoms in total. The van der Waals surface area contributed by atoms with Crippen molar-refractivity contribution in [1.29, 1.82) is 0 Å². The lowest BCUT2D eigenvalue weighted by Gasteiger charge is -2.05. The summed E-state index contributed by atoms with van der Waals surface area (Å²) >= 11 is 0. The number of carboxylic acids is 1. The van der Waals surface area contributed by atoms with Crippen LogP contribution in [0.2, 0.25) is 0 Å². The number of rotatable bonds is 4. The van der Waals surface area contributed by atoms with Gasteiger partial charge in [0.1, 0.15) is 0 Å². The number of carbonyl (C=O) groups is 1. The van der Waals surface area contributed by atoms with E-state index in [0.29, 0.717) is 12.1 Å². The first-order valence-electron chi connectivity index (χ1n) is 5.18. The van der Waals surface area contributed by atoms with Crippen LogP contribution in [0, 0.1) is 5.82 Å². The minimum Gasteiger partial charge on any atom is -0.494 e. The van der Waals surface area contributed by atoms with Crippen LogP contribution in [-0.2, 0) is 6.54 Å². The fourth-order valence-corrected chi connectivity index (χ4v) is 1.56. The number of ether oxygens (including phenoxy) is 1. The Morgan fingerprint density at radius 2 is 2.33 bits per heavy atom. The number of carboxylic acid groups (broad SMARTS) is 1. The summed E-state index contributed by atoms with van der Waals surface area (Å²) in [6.45, 7) is 0.300. The molecule has 6 heteroatoms. The third-order valence-electron chi connectivity index (χ3n) is 2.44. The number of benzene rings is 1. The predicted molar refractivity (Wildman–Crippen MR) is 61.2 cm³/mol. The molecule has 0 amide bonds. The van der Waals surface area contributed by atoms with Crippen molar-refractivity contribution < 1.29 is 19.0 Å². The Kier molecular flexibility index (Phi) is 3.27. The molecule has 0 aliphatic carbocycles. The maximum atomic E-state index is 13.4. The molecule has 0 saturated carbocycles. The lowest BCUT2D eigenvalue weighted by molar-refractivity contribution is 0.0697. The molecule has 94 valence electrons. The Morgan fingerprint density at radius 3 is 2.89 bits per heavy atom. The molecule has 2 aromatic rings. The predicted octanol–water partition coefficient (Wildman–Crippen LogP) is 1.78. The van der Waals surface area contributed by atoms with E-state index in [1.54, 1.807) is 6.07 Å². The van der Waals surface area contributed by atoms with Gasteiger partial charge in [-0.3, -0.25) is 4.68 Å². The number of halogens is 1. The number of methoxy groups -OCH3 is 1. The smallest absolute Gasteiger partial charge is 0.338 e. The minimum atomic E-state index is -1.04. The fourth-order valence-electron chi connectivity index (χ4n) is 1.56. The van der Waals surface area contributed by atoms with E-state index in [1.165, 1.54) is 36.3 Å². The van der Waals surface area contributed by atoms with E-state index in [1.807, 2.05) is 0 Å². The zero-order valence-corrected chi connectivity index (χ0v) is 9.63. The van der Waals surface area contributed by atoms with Crippen LogP contribution in [0.25, 0.3) is 0 Å². The molecule has 1 aromatic heterocycles. The average molecular weight is 250 g/mol. The number of aromatic nitrogens is 2. The van der Waals surface area contributed by atoms with Crippen LogP contribution in [0.15, 0.2) is 30.6 Å². The molecule has 2 rings (SSSR count). The fraction of sp³-hybridized carbons (Fsp3) is 0.167. The van der Waals surface area contributed by atoms with Crippen LogP contribution in [0.1, 0.15) is 15.9 Å². The molecule has 18 heavy (non-hydrogen) atoms. The molecule has 0 unspecified atom stereocenters. The Balaban J connectivity index is 2.18. The Morgan fingerprint density at radius 1 is 1.56 bits per heavy atom. The molecule has 0 aliphatic heterocycles. The van der Waals surface area contributed by atoms with Crippen LogP contribution in [0.3, 0.4) is 0 Å². The highest BCUT2D eigenvalue weighted by molar-refractivity contribution is 5.86. The summed E-state index contributed by atoms with van der Waals surface area (Å²) in [7, 11) is 1.39. The SMILES string of the molecule is COc1ccc(Cn2cc(C(=O)O)cn2)cc1F. The van der Waals surface area contributed by atoms with Crippen LogP contribution < -0.4 is 4.74 Å². The quantitative estimate of drug-likeness (QED) is 0.898. The molecule has 0 bridgehead atoms. The average Bonchev–Trinajstić information content (AvgIpc) is 2.78. The topological polar surface area (TPSA) is 64.3 Å². The van der Waals surface area contributed by atoms with Gasteiger partial charge in [-0.25, -0.2) is 9.18 Å².